The van der Waals surface area contributed by atoms with E-state index in [-0.39, 0.29) is 11.2 Å². The number of ether oxygens (including phenoxy) is 2. The van der Waals surface area contributed by atoms with Crippen LogP contribution in [-0.4, -0.2) is 32.1 Å². The van der Waals surface area contributed by atoms with Crippen molar-refractivity contribution < 1.29 is 19.1 Å². The maximum atomic E-state index is 13.0. The van der Waals surface area contributed by atoms with Crippen molar-refractivity contribution in [2.45, 2.75) is 23.2 Å². The third-order valence-corrected chi connectivity index (χ3v) is 5.44. The molecule has 0 fully saturated rings. The van der Waals surface area contributed by atoms with Crippen LogP contribution in [0, 0.1) is 0 Å². The fourth-order valence-corrected chi connectivity index (χ4v) is 4.14. The molecule has 0 radical (unpaired) electrons. The Kier molecular flexibility index (Phi) is 4.99. The van der Waals surface area contributed by atoms with E-state index in [1.165, 1.54) is 18.7 Å². The van der Waals surface area contributed by atoms with Crippen molar-refractivity contribution in [2.75, 3.05) is 19.1 Å². The number of rotatable bonds is 3. The van der Waals surface area contributed by atoms with E-state index in [4.69, 9.17) is 9.47 Å². The Balaban J connectivity index is 2.07. The number of amides is 1. The van der Waals surface area contributed by atoms with Crippen molar-refractivity contribution in [1.82, 2.24) is 0 Å². The van der Waals surface area contributed by atoms with Crippen LogP contribution in [0.3, 0.4) is 0 Å². The van der Waals surface area contributed by atoms with Crippen LogP contribution in [0.15, 0.2) is 53.4 Å². The topological polar surface area (TPSA) is 55.8 Å². The first kappa shape index (κ1) is 17.4. The zero-order valence-electron chi connectivity index (χ0n) is 14.3. The van der Waals surface area contributed by atoms with Gasteiger partial charge in [-0.3, -0.25) is 9.59 Å². The van der Waals surface area contributed by atoms with Gasteiger partial charge in [0.2, 0.25) is 0 Å². The summed E-state index contributed by atoms with van der Waals surface area (Å²) in [7, 11) is 3.31. The molecule has 0 saturated carbocycles. The number of esters is 1. The van der Waals surface area contributed by atoms with E-state index in [2.05, 4.69) is 0 Å². The van der Waals surface area contributed by atoms with E-state index in [0.29, 0.717) is 0 Å². The standard InChI is InChI=1S/C19H19NO4S/c1-12(21)24-17-18(13-8-10-14(23-3)11-9-13)25-16-7-5-4-6-15(16)20(2)19(17)22/h4-11,17-18H,1-3H3/t17-,18+/m1/s1. The lowest BCUT2D eigenvalue weighted by Crippen LogP contribution is -2.40. The molecule has 6 heteroatoms. The summed E-state index contributed by atoms with van der Waals surface area (Å²) in [5.41, 5.74) is 1.71. The van der Waals surface area contributed by atoms with Gasteiger partial charge in [-0.2, -0.15) is 0 Å². The van der Waals surface area contributed by atoms with Gasteiger partial charge in [-0.05, 0) is 29.8 Å². The number of para-hydroxylation sites is 1. The molecule has 2 aromatic carbocycles. The summed E-state index contributed by atoms with van der Waals surface area (Å²) in [6, 6.07) is 15.1. The molecule has 130 valence electrons. The molecular formula is C19H19NO4S. The van der Waals surface area contributed by atoms with Crippen LogP contribution < -0.4 is 9.64 Å². The molecule has 0 spiro atoms. The molecule has 0 aliphatic carbocycles. The third kappa shape index (κ3) is 3.49. The van der Waals surface area contributed by atoms with Crippen LogP contribution in [0.1, 0.15) is 17.7 Å². The van der Waals surface area contributed by atoms with Gasteiger partial charge in [0.15, 0.2) is 6.10 Å². The normalized spacial score (nSPS) is 19.8. The summed E-state index contributed by atoms with van der Waals surface area (Å²) in [6.07, 6.45) is -0.895. The lowest BCUT2D eigenvalue weighted by molar-refractivity contribution is -0.152. The van der Waals surface area contributed by atoms with Crippen molar-refractivity contribution in [3.8, 4) is 5.75 Å². The zero-order chi connectivity index (χ0) is 18.0. The Labute approximate surface area is 150 Å². The third-order valence-electron chi connectivity index (χ3n) is 4.07. The SMILES string of the molecule is COc1ccc([C@@H]2Sc3ccccc3N(C)C(=O)[C@@H]2OC(C)=O)cc1. The first-order valence-electron chi connectivity index (χ1n) is 7.85. The number of nitrogens with zero attached hydrogens (tertiary/aromatic N) is 1. The maximum Gasteiger partial charge on any atom is 0.303 e. The highest BCUT2D eigenvalue weighted by Gasteiger charge is 2.39. The van der Waals surface area contributed by atoms with Crippen LogP contribution in [-0.2, 0) is 14.3 Å². The molecule has 1 aliphatic heterocycles. The molecule has 5 nitrogen and oxygen atoms in total. The van der Waals surface area contributed by atoms with E-state index in [1.54, 1.807) is 19.1 Å². The summed E-state index contributed by atoms with van der Waals surface area (Å²) < 4.78 is 10.6. The molecule has 1 amide bonds. The first-order valence-corrected chi connectivity index (χ1v) is 8.73. The van der Waals surface area contributed by atoms with Crippen LogP contribution >= 0.6 is 11.8 Å². The van der Waals surface area contributed by atoms with Crippen molar-refractivity contribution in [3.05, 3.63) is 54.1 Å². The lowest BCUT2D eigenvalue weighted by atomic mass is 10.1. The summed E-state index contributed by atoms with van der Waals surface area (Å²) >= 11 is 1.52. The van der Waals surface area contributed by atoms with E-state index in [0.717, 1.165) is 21.9 Å². The number of carbonyl (C=O) groups excluding carboxylic acids is 2. The highest BCUT2D eigenvalue weighted by molar-refractivity contribution is 7.99. The molecule has 0 bridgehead atoms. The van der Waals surface area contributed by atoms with Crippen LogP contribution in [0.5, 0.6) is 5.75 Å². The number of methoxy groups -OCH3 is 1. The summed E-state index contributed by atoms with van der Waals surface area (Å²) in [5.74, 6) is 0.0144. The Bertz CT molecular complexity index is 790. The first-order chi connectivity index (χ1) is 12.0. The Hall–Kier alpha value is -2.47. The fourth-order valence-electron chi connectivity index (χ4n) is 2.80. The average molecular weight is 357 g/mol. The predicted molar refractivity (Wildman–Crippen MR) is 97.0 cm³/mol. The summed E-state index contributed by atoms with van der Waals surface area (Å²) in [4.78, 5) is 27.1. The number of benzene rings is 2. The van der Waals surface area contributed by atoms with Crippen LogP contribution in [0.25, 0.3) is 0 Å². The van der Waals surface area contributed by atoms with E-state index < -0.39 is 12.1 Å². The minimum absolute atomic E-state index is 0.242. The van der Waals surface area contributed by atoms with Crippen molar-refractivity contribution in [1.29, 1.82) is 0 Å². The van der Waals surface area contributed by atoms with Crippen molar-refractivity contribution in [3.63, 3.8) is 0 Å². The molecule has 3 rings (SSSR count). The fraction of sp³-hybridized carbons (Fsp3) is 0.263. The van der Waals surface area contributed by atoms with Crippen molar-refractivity contribution >= 4 is 29.3 Å². The molecule has 0 saturated heterocycles. The molecule has 25 heavy (non-hydrogen) atoms. The smallest absolute Gasteiger partial charge is 0.303 e. The highest BCUT2D eigenvalue weighted by atomic mass is 32.2. The summed E-state index contributed by atoms with van der Waals surface area (Å²) in [6.45, 7) is 1.32. The molecule has 1 heterocycles. The molecule has 1 aliphatic rings. The number of hydrogen-bond acceptors (Lipinski definition) is 5. The number of anilines is 1. The van der Waals surface area contributed by atoms with E-state index in [9.17, 15) is 9.59 Å². The average Bonchev–Trinajstić information content (AvgIpc) is 2.72. The second kappa shape index (κ2) is 7.19. The quantitative estimate of drug-likeness (QED) is 0.788. The summed E-state index contributed by atoms with van der Waals surface area (Å²) in [5, 5.41) is -0.339. The van der Waals surface area contributed by atoms with Gasteiger partial charge in [-0.25, -0.2) is 0 Å². The lowest BCUT2D eigenvalue weighted by Gasteiger charge is -2.25. The second-order valence-electron chi connectivity index (χ2n) is 5.71. The van der Waals surface area contributed by atoms with Gasteiger partial charge >= 0.3 is 5.97 Å². The van der Waals surface area contributed by atoms with Crippen LogP contribution in [0.2, 0.25) is 0 Å². The Morgan fingerprint density at radius 1 is 1.12 bits per heavy atom. The minimum atomic E-state index is -0.895. The Morgan fingerprint density at radius 2 is 1.80 bits per heavy atom. The van der Waals surface area contributed by atoms with Gasteiger partial charge in [-0.15, -0.1) is 11.8 Å². The van der Waals surface area contributed by atoms with E-state index in [1.807, 2.05) is 48.5 Å². The highest BCUT2D eigenvalue weighted by Crippen LogP contribution is 2.46. The van der Waals surface area contributed by atoms with Crippen molar-refractivity contribution in [2.24, 2.45) is 0 Å². The number of carbonyl (C=O) groups is 2. The van der Waals surface area contributed by atoms with E-state index >= 15 is 0 Å². The molecule has 2 aromatic rings. The largest absolute Gasteiger partial charge is 0.497 e. The van der Waals surface area contributed by atoms with Gasteiger partial charge in [0.25, 0.3) is 5.91 Å². The van der Waals surface area contributed by atoms with Gasteiger partial charge in [-0.1, -0.05) is 24.3 Å². The zero-order valence-corrected chi connectivity index (χ0v) is 15.1. The second-order valence-corrected chi connectivity index (χ2v) is 6.89. The predicted octanol–water partition coefficient (Wildman–Crippen LogP) is 3.44. The molecule has 0 aromatic heterocycles. The minimum Gasteiger partial charge on any atom is -0.497 e. The van der Waals surface area contributed by atoms with Crippen LogP contribution in [0.4, 0.5) is 5.69 Å². The monoisotopic (exact) mass is 357 g/mol. The molecule has 0 N–H and O–H groups in total. The molecular weight excluding hydrogens is 338 g/mol. The number of thioether (sulfide) groups is 1. The van der Waals surface area contributed by atoms with Gasteiger partial charge in [0, 0.05) is 18.9 Å². The number of likely N-dealkylation sites (N-methyl/N-ethyl adjacent to an activating group) is 1. The van der Waals surface area contributed by atoms with Gasteiger partial charge in [0.1, 0.15) is 5.75 Å². The number of fused-ring (bicyclic) bond motifs is 1. The van der Waals surface area contributed by atoms with Gasteiger partial charge < -0.3 is 14.4 Å². The number of hydrogen-bond donors (Lipinski definition) is 0. The molecule has 0 unspecified atom stereocenters. The Morgan fingerprint density at radius 3 is 2.44 bits per heavy atom. The van der Waals surface area contributed by atoms with Gasteiger partial charge in [0.05, 0.1) is 18.0 Å². The molecule has 2 atom stereocenters. The maximum absolute atomic E-state index is 13.0.